The molecule has 100 valence electrons. The normalized spacial score (nSPS) is 12.8. The molecule has 19 heavy (non-hydrogen) atoms. The van der Waals surface area contributed by atoms with Gasteiger partial charge in [0, 0.05) is 19.5 Å². The number of rotatable bonds is 3. The Morgan fingerprint density at radius 3 is 2.68 bits per heavy atom. The highest BCUT2D eigenvalue weighted by Gasteiger charge is 2.21. The van der Waals surface area contributed by atoms with Crippen LogP contribution >= 0.6 is 0 Å². The maximum absolute atomic E-state index is 5.41. The molecule has 1 aromatic heterocycles. The van der Waals surface area contributed by atoms with Crippen molar-refractivity contribution < 1.29 is 14.2 Å². The van der Waals surface area contributed by atoms with Gasteiger partial charge in [-0.15, -0.1) is 0 Å². The summed E-state index contributed by atoms with van der Waals surface area (Å²) in [5, 5.41) is 4.35. The first kappa shape index (κ1) is 11.8. The molecule has 6 nitrogen and oxygen atoms in total. The lowest BCUT2D eigenvalue weighted by molar-refractivity contribution is 0.174. The Morgan fingerprint density at radius 2 is 2.05 bits per heavy atom. The van der Waals surface area contributed by atoms with E-state index in [-0.39, 0.29) is 6.79 Å². The smallest absolute Gasteiger partial charge is 0.231 e. The Labute approximate surface area is 110 Å². The number of aryl methyl sites for hydroxylation is 2. The van der Waals surface area contributed by atoms with Gasteiger partial charge in [-0.05, 0) is 6.07 Å². The quantitative estimate of drug-likeness (QED) is 0.843. The highest BCUT2D eigenvalue weighted by molar-refractivity contribution is 5.70. The molecule has 0 amide bonds. The summed E-state index contributed by atoms with van der Waals surface area (Å²) in [6.07, 6.45) is 0.792. The second-order valence-corrected chi connectivity index (χ2v) is 4.23. The lowest BCUT2D eigenvalue weighted by Gasteiger charge is -2.08. The van der Waals surface area contributed by atoms with Crippen LogP contribution in [0, 0.1) is 0 Å². The minimum absolute atomic E-state index is 0.237. The SMILES string of the molecule is CCc1nc(-c2cc3c(cc2OC)OCO3)n(C)n1. The van der Waals surface area contributed by atoms with Crippen LogP contribution in [0.15, 0.2) is 12.1 Å². The molecule has 6 heteroatoms. The third-order valence-corrected chi connectivity index (χ3v) is 3.06. The third kappa shape index (κ3) is 1.89. The molecule has 2 aromatic rings. The Kier molecular flexibility index (Phi) is 2.77. The fourth-order valence-electron chi connectivity index (χ4n) is 2.09. The van der Waals surface area contributed by atoms with Crippen LogP contribution in [-0.2, 0) is 13.5 Å². The number of nitrogens with zero attached hydrogens (tertiary/aromatic N) is 3. The van der Waals surface area contributed by atoms with Crippen molar-refractivity contribution in [2.24, 2.45) is 7.05 Å². The molecule has 0 radical (unpaired) electrons. The summed E-state index contributed by atoms with van der Waals surface area (Å²) >= 11 is 0. The van der Waals surface area contributed by atoms with Gasteiger partial charge in [0.15, 0.2) is 23.1 Å². The van der Waals surface area contributed by atoms with Crippen molar-refractivity contribution in [1.29, 1.82) is 0 Å². The average molecular weight is 261 g/mol. The monoisotopic (exact) mass is 261 g/mol. The molecule has 0 saturated carbocycles. The van der Waals surface area contributed by atoms with Gasteiger partial charge in [-0.3, -0.25) is 0 Å². The Hall–Kier alpha value is -2.24. The number of benzene rings is 1. The first-order chi connectivity index (χ1) is 9.22. The molecule has 0 aliphatic carbocycles. The van der Waals surface area contributed by atoms with Gasteiger partial charge in [0.05, 0.1) is 12.7 Å². The summed E-state index contributed by atoms with van der Waals surface area (Å²) in [6, 6.07) is 3.70. The highest BCUT2D eigenvalue weighted by atomic mass is 16.7. The number of ether oxygens (including phenoxy) is 3. The Bertz CT molecular complexity index is 622. The van der Waals surface area contributed by atoms with Gasteiger partial charge in [0.1, 0.15) is 5.75 Å². The molecule has 0 bridgehead atoms. The zero-order valence-electron chi connectivity index (χ0n) is 11.1. The molecule has 0 N–H and O–H groups in total. The summed E-state index contributed by atoms with van der Waals surface area (Å²) in [6.45, 7) is 2.26. The molecule has 0 spiro atoms. The average Bonchev–Trinajstić information content (AvgIpc) is 3.02. The molecule has 3 rings (SSSR count). The van der Waals surface area contributed by atoms with Crippen LogP contribution in [0.4, 0.5) is 0 Å². The van der Waals surface area contributed by atoms with E-state index >= 15 is 0 Å². The predicted molar refractivity (Wildman–Crippen MR) is 68.5 cm³/mol. The fourth-order valence-corrected chi connectivity index (χ4v) is 2.09. The van der Waals surface area contributed by atoms with Crippen molar-refractivity contribution in [3.8, 4) is 28.6 Å². The molecule has 1 aliphatic heterocycles. The first-order valence-electron chi connectivity index (χ1n) is 6.10. The number of fused-ring (bicyclic) bond motifs is 1. The highest BCUT2D eigenvalue weighted by Crippen LogP contribution is 2.41. The summed E-state index contributed by atoms with van der Waals surface area (Å²) in [7, 11) is 3.49. The van der Waals surface area contributed by atoms with E-state index in [4.69, 9.17) is 14.2 Å². The van der Waals surface area contributed by atoms with E-state index in [0.717, 1.165) is 23.6 Å². The fraction of sp³-hybridized carbons (Fsp3) is 0.385. The zero-order valence-corrected chi connectivity index (χ0v) is 11.1. The summed E-state index contributed by atoms with van der Waals surface area (Å²) < 4.78 is 17.9. The van der Waals surface area contributed by atoms with Gasteiger partial charge < -0.3 is 14.2 Å². The van der Waals surface area contributed by atoms with Gasteiger partial charge in [-0.2, -0.15) is 5.10 Å². The molecule has 0 fully saturated rings. The predicted octanol–water partition coefficient (Wildman–Crippen LogP) is 1.78. The first-order valence-corrected chi connectivity index (χ1v) is 6.10. The van der Waals surface area contributed by atoms with Crippen molar-refractivity contribution in [2.75, 3.05) is 13.9 Å². The third-order valence-electron chi connectivity index (χ3n) is 3.06. The second-order valence-electron chi connectivity index (χ2n) is 4.23. The number of hydrogen-bond donors (Lipinski definition) is 0. The largest absolute Gasteiger partial charge is 0.496 e. The summed E-state index contributed by atoms with van der Waals surface area (Å²) in [4.78, 5) is 4.51. The van der Waals surface area contributed by atoms with E-state index in [2.05, 4.69) is 10.1 Å². The van der Waals surface area contributed by atoms with E-state index in [1.54, 1.807) is 11.8 Å². The minimum atomic E-state index is 0.237. The molecule has 2 heterocycles. The summed E-state index contributed by atoms with van der Waals surface area (Å²) in [5.74, 6) is 3.65. The van der Waals surface area contributed by atoms with Gasteiger partial charge >= 0.3 is 0 Å². The lowest BCUT2D eigenvalue weighted by Crippen LogP contribution is -1.97. The van der Waals surface area contributed by atoms with Crippen LogP contribution in [0.1, 0.15) is 12.7 Å². The van der Waals surface area contributed by atoms with E-state index in [1.165, 1.54) is 0 Å². The van der Waals surface area contributed by atoms with Gasteiger partial charge in [0.2, 0.25) is 6.79 Å². The van der Waals surface area contributed by atoms with Crippen molar-refractivity contribution in [2.45, 2.75) is 13.3 Å². The van der Waals surface area contributed by atoms with Crippen LogP contribution < -0.4 is 14.2 Å². The van der Waals surface area contributed by atoms with Crippen molar-refractivity contribution >= 4 is 0 Å². The van der Waals surface area contributed by atoms with E-state index in [9.17, 15) is 0 Å². The van der Waals surface area contributed by atoms with E-state index in [0.29, 0.717) is 17.2 Å². The molecule has 0 atom stereocenters. The van der Waals surface area contributed by atoms with Gasteiger partial charge in [0.25, 0.3) is 0 Å². The van der Waals surface area contributed by atoms with Gasteiger partial charge in [-0.25, -0.2) is 9.67 Å². The number of methoxy groups -OCH3 is 1. The topological polar surface area (TPSA) is 58.4 Å². The standard InChI is InChI=1S/C13H15N3O3/c1-4-12-14-13(16(2)15-12)8-5-10-11(19-7-18-10)6-9(8)17-3/h5-6H,4,7H2,1-3H3. The Morgan fingerprint density at radius 1 is 1.32 bits per heavy atom. The number of aromatic nitrogens is 3. The lowest BCUT2D eigenvalue weighted by atomic mass is 10.1. The van der Waals surface area contributed by atoms with Crippen molar-refractivity contribution in [3.63, 3.8) is 0 Å². The van der Waals surface area contributed by atoms with Gasteiger partial charge in [-0.1, -0.05) is 6.92 Å². The number of hydrogen-bond acceptors (Lipinski definition) is 5. The molecular formula is C13H15N3O3. The van der Waals surface area contributed by atoms with Crippen LogP contribution in [0.5, 0.6) is 17.2 Å². The van der Waals surface area contributed by atoms with E-state index in [1.807, 2.05) is 26.1 Å². The van der Waals surface area contributed by atoms with Crippen LogP contribution in [0.3, 0.4) is 0 Å². The van der Waals surface area contributed by atoms with Crippen LogP contribution in [0.25, 0.3) is 11.4 Å². The maximum Gasteiger partial charge on any atom is 0.231 e. The molecular weight excluding hydrogens is 246 g/mol. The van der Waals surface area contributed by atoms with Crippen molar-refractivity contribution in [3.05, 3.63) is 18.0 Å². The molecule has 0 saturated heterocycles. The maximum atomic E-state index is 5.41. The molecule has 1 aromatic carbocycles. The zero-order chi connectivity index (χ0) is 13.4. The van der Waals surface area contributed by atoms with Crippen LogP contribution in [-0.4, -0.2) is 28.7 Å². The Balaban J connectivity index is 2.15. The second kappa shape index (κ2) is 4.46. The molecule has 0 unspecified atom stereocenters. The van der Waals surface area contributed by atoms with E-state index < -0.39 is 0 Å². The minimum Gasteiger partial charge on any atom is -0.496 e. The van der Waals surface area contributed by atoms with Crippen molar-refractivity contribution in [1.82, 2.24) is 14.8 Å². The van der Waals surface area contributed by atoms with Crippen LogP contribution in [0.2, 0.25) is 0 Å². The molecule has 1 aliphatic rings. The summed E-state index contributed by atoms with van der Waals surface area (Å²) in [5.41, 5.74) is 0.849.